The maximum absolute atomic E-state index is 13.7. The molecule has 0 bridgehead atoms. The van der Waals surface area contributed by atoms with Crippen LogP contribution in [0.4, 0.5) is 4.39 Å². The van der Waals surface area contributed by atoms with E-state index in [-0.39, 0.29) is 11.7 Å². The van der Waals surface area contributed by atoms with Crippen LogP contribution in [0, 0.1) is 5.82 Å². The number of hydrogen-bond acceptors (Lipinski definition) is 3. The van der Waals surface area contributed by atoms with Gasteiger partial charge in [-0.25, -0.2) is 9.37 Å². The van der Waals surface area contributed by atoms with Crippen LogP contribution in [0.5, 0.6) is 11.6 Å². The Kier molecular flexibility index (Phi) is 4.73. The van der Waals surface area contributed by atoms with Gasteiger partial charge in [0.2, 0.25) is 5.88 Å². The second-order valence-corrected chi connectivity index (χ2v) is 5.69. The fourth-order valence-electron chi connectivity index (χ4n) is 1.72. The lowest BCUT2D eigenvalue weighted by atomic mass is 10.1. The molecule has 0 radical (unpaired) electrons. The molecule has 1 heterocycles. The summed E-state index contributed by atoms with van der Waals surface area (Å²) in [6.07, 6.45) is 0. The summed E-state index contributed by atoms with van der Waals surface area (Å²) in [6, 6.07) is 8.20. The fraction of sp³-hybridized carbons (Fsp3) is 0.267. The number of nitrogens with two attached hydrogens (primary N) is 1. The van der Waals surface area contributed by atoms with Crippen molar-refractivity contribution in [3.63, 3.8) is 0 Å². The van der Waals surface area contributed by atoms with Crippen LogP contribution < -0.4 is 10.5 Å². The number of hydrogen-bond donors (Lipinski definition) is 1. The van der Waals surface area contributed by atoms with Crippen molar-refractivity contribution in [2.45, 2.75) is 26.3 Å². The number of rotatable bonds is 4. The van der Waals surface area contributed by atoms with E-state index in [0.717, 1.165) is 15.7 Å². The molecule has 0 fully saturated rings. The summed E-state index contributed by atoms with van der Waals surface area (Å²) in [4.78, 5) is 4.39. The summed E-state index contributed by atoms with van der Waals surface area (Å²) in [6.45, 7) is 4.46. The van der Waals surface area contributed by atoms with Gasteiger partial charge in [-0.3, -0.25) is 0 Å². The molecule has 0 spiro atoms. The first-order valence-corrected chi connectivity index (χ1v) is 7.12. The summed E-state index contributed by atoms with van der Waals surface area (Å²) in [5.41, 5.74) is 7.45. The van der Waals surface area contributed by atoms with E-state index in [4.69, 9.17) is 10.5 Å². The normalized spacial score (nSPS) is 10.9. The Hall–Kier alpha value is -1.46. The molecule has 20 heavy (non-hydrogen) atoms. The highest BCUT2D eigenvalue weighted by molar-refractivity contribution is 9.10. The first kappa shape index (κ1) is 14.9. The number of benzene rings is 1. The van der Waals surface area contributed by atoms with Crippen LogP contribution >= 0.6 is 15.9 Å². The molecule has 0 aliphatic rings. The van der Waals surface area contributed by atoms with Gasteiger partial charge in [0, 0.05) is 22.8 Å². The Morgan fingerprint density at radius 2 is 2.05 bits per heavy atom. The highest BCUT2D eigenvalue weighted by Crippen LogP contribution is 2.28. The largest absolute Gasteiger partial charge is 0.436 e. The minimum atomic E-state index is -0.431. The van der Waals surface area contributed by atoms with Gasteiger partial charge >= 0.3 is 0 Å². The molecule has 0 aliphatic carbocycles. The minimum Gasteiger partial charge on any atom is -0.436 e. The van der Waals surface area contributed by atoms with Gasteiger partial charge in [-0.1, -0.05) is 29.8 Å². The van der Waals surface area contributed by atoms with Crippen molar-refractivity contribution < 1.29 is 9.13 Å². The zero-order valence-corrected chi connectivity index (χ0v) is 12.9. The van der Waals surface area contributed by atoms with Gasteiger partial charge in [0.25, 0.3) is 0 Å². The molecule has 1 aromatic carbocycles. The number of ether oxygens (including phenoxy) is 1. The van der Waals surface area contributed by atoms with Crippen molar-refractivity contribution in [2.75, 3.05) is 0 Å². The number of pyridine rings is 1. The highest BCUT2D eigenvalue weighted by atomic mass is 79.9. The molecule has 2 aromatic rings. The van der Waals surface area contributed by atoms with Gasteiger partial charge < -0.3 is 10.5 Å². The summed E-state index contributed by atoms with van der Waals surface area (Å²) < 4.78 is 20.0. The SMILES string of the molecule is CC(C)c1cc(CN)cc(Oc2cc(Br)ccc2F)n1. The Labute approximate surface area is 126 Å². The standard InChI is InChI=1S/C15H16BrFN2O/c1-9(2)13-5-10(8-18)6-15(19-13)20-14-7-11(16)3-4-12(14)17/h3-7,9H,8,18H2,1-2H3. The monoisotopic (exact) mass is 338 g/mol. The predicted molar refractivity (Wildman–Crippen MR) is 80.4 cm³/mol. The smallest absolute Gasteiger partial charge is 0.219 e. The van der Waals surface area contributed by atoms with Crippen molar-refractivity contribution >= 4 is 15.9 Å². The third-order valence-corrected chi connectivity index (χ3v) is 3.31. The summed E-state index contributed by atoms with van der Waals surface area (Å²) in [5.74, 6) is 0.305. The maximum atomic E-state index is 13.7. The number of nitrogens with zero attached hydrogens (tertiary/aromatic N) is 1. The van der Waals surface area contributed by atoms with Crippen LogP contribution in [0.1, 0.15) is 31.0 Å². The van der Waals surface area contributed by atoms with Crippen molar-refractivity contribution in [2.24, 2.45) is 5.73 Å². The molecule has 0 saturated heterocycles. The van der Waals surface area contributed by atoms with E-state index in [0.29, 0.717) is 12.4 Å². The molecule has 1 aromatic heterocycles. The van der Waals surface area contributed by atoms with Gasteiger partial charge in [0.1, 0.15) is 0 Å². The summed E-state index contributed by atoms with van der Waals surface area (Å²) in [5, 5.41) is 0. The third-order valence-electron chi connectivity index (χ3n) is 2.82. The number of aromatic nitrogens is 1. The van der Waals surface area contributed by atoms with Crippen LogP contribution in [0.25, 0.3) is 0 Å². The zero-order chi connectivity index (χ0) is 14.7. The fourth-order valence-corrected chi connectivity index (χ4v) is 2.06. The molecular formula is C15H16BrFN2O. The molecular weight excluding hydrogens is 323 g/mol. The molecule has 2 rings (SSSR count). The lowest BCUT2D eigenvalue weighted by molar-refractivity contribution is 0.424. The van der Waals surface area contributed by atoms with E-state index in [9.17, 15) is 4.39 Å². The Bertz CT molecular complexity index is 617. The van der Waals surface area contributed by atoms with Crippen LogP contribution in [-0.2, 0) is 6.54 Å². The number of halogens is 2. The van der Waals surface area contributed by atoms with E-state index in [2.05, 4.69) is 20.9 Å². The van der Waals surface area contributed by atoms with Crippen molar-refractivity contribution in [1.82, 2.24) is 4.98 Å². The molecule has 106 valence electrons. The molecule has 5 heteroatoms. The topological polar surface area (TPSA) is 48.1 Å². The molecule has 0 amide bonds. The van der Waals surface area contributed by atoms with Gasteiger partial charge in [-0.2, -0.15) is 0 Å². The van der Waals surface area contributed by atoms with Crippen molar-refractivity contribution in [3.05, 3.63) is 51.9 Å². The van der Waals surface area contributed by atoms with Crippen molar-refractivity contribution in [3.8, 4) is 11.6 Å². The van der Waals surface area contributed by atoms with E-state index in [1.54, 1.807) is 18.2 Å². The maximum Gasteiger partial charge on any atom is 0.219 e. The van der Waals surface area contributed by atoms with Crippen molar-refractivity contribution in [1.29, 1.82) is 0 Å². The average Bonchev–Trinajstić information content (AvgIpc) is 2.42. The summed E-state index contributed by atoms with van der Waals surface area (Å²) >= 11 is 3.29. The minimum absolute atomic E-state index is 0.135. The molecule has 0 unspecified atom stereocenters. The Balaban J connectivity index is 2.37. The lowest BCUT2D eigenvalue weighted by Gasteiger charge is -2.11. The van der Waals surface area contributed by atoms with E-state index < -0.39 is 5.82 Å². The third kappa shape index (κ3) is 3.55. The molecule has 3 nitrogen and oxygen atoms in total. The van der Waals surface area contributed by atoms with E-state index in [1.165, 1.54) is 6.07 Å². The van der Waals surface area contributed by atoms with E-state index >= 15 is 0 Å². The van der Waals surface area contributed by atoms with Crippen LogP contribution in [0.3, 0.4) is 0 Å². The van der Waals surface area contributed by atoms with Crippen LogP contribution in [0.2, 0.25) is 0 Å². The van der Waals surface area contributed by atoms with Gasteiger partial charge in [-0.15, -0.1) is 0 Å². The lowest BCUT2D eigenvalue weighted by Crippen LogP contribution is -2.02. The van der Waals surface area contributed by atoms with Gasteiger partial charge in [0.05, 0.1) is 0 Å². The van der Waals surface area contributed by atoms with Gasteiger partial charge in [-0.05, 0) is 35.7 Å². The first-order chi connectivity index (χ1) is 9.49. The highest BCUT2D eigenvalue weighted by Gasteiger charge is 2.10. The van der Waals surface area contributed by atoms with Crippen LogP contribution in [0.15, 0.2) is 34.8 Å². The predicted octanol–water partition coefficient (Wildman–Crippen LogP) is 4.36. The van der Waals surface area contributed by atoms with E-state index in [1.807, 2.05) is 19.9 Å². The second kappa shape index (κ2) is 6.33. The summed E-state index contributed by atoms with van der Waals surface area (Å²) in [7, 11) is 0. The molecule has 0 atom stereocenters. The zero-order valence-electron chi connectivity index (χ0n) is 11.4. The van der Waals surface area contributed by atoms with Crippen LogP contribution in [-0.4, -0.2) is 4.98 Å². The molecule has 0 aliphatic heterocycles. The Morgan fingerprint density at radius 1 is 1.30 bits per heavy atom. The second-order valence-electron chi connectivity index (χ2n) is 4.77. The first-order valence-electron chi connectivity index (χ1n) is 6.33. The van der Waals surface area contributed by atoms with Gasteiger partial charge in [0.15, 0.2) is 11.6 Å². The quantitative estimate of drug-likeness (QED) is 0.900. The average molecular weight is 339 g/mol. The molecule has 0 saturated carbocycles. The Morgan fingerprint density at radius 3 is 2.70 bits per heavy atom. The molecule has 2 N–H and O–H groups in total.